The third-order valence-corrected chi connectivity index (χ3v) is 5.25. The summed E-state index contributed by atoms with van der Waals surface area (Å²) in [7, 11) is 3.38. The lowest BCUT2D eigenvalue weighted by molar-refractivity contribution is 0.0963. The zero-order chi connectivity index (χ0) is 20.0. The van der Waals surface area contributed by atoms with Crippen molar-refractivity contribution < 1.29 is 9.18 Å². The molecular formula is C22H27FN4O. The van der Waals surface area contributed by atoms with Gasteiger partial charge in [0.25, 0.3) is 5.91 Å². The van der Waals surface area contributed by atoms with Gasteiger partial charge in [0.15, 0.2) is 5.96 Å². The van der Waals surface area contributed by atoms with Gasteiger partial charge in [0.1, 0.15) is 5.82 Å². The molecule has 0 radical (unpaired) electrons. The van der Waals surface area contributed by atoms with E-state index in [1.165, 1.54) is 17.7 Å². The molecule has 1 amide bonds. The molecule has 0 aromatic heterocycles. The maximum Gasteiger partial charge on any atom is 0.251 e. The van der Waals surface area contributed by atoms with E-state index in [4.69, 9.17) is 0 Å². The first-order chi connectivity index (χ1) is 13.6. The number of rotatable bonds is 7. The van der Waals surface area contributed by atoms with Gasteiger partial charge >= 0.3 is 0 Å². The minimum Gasteiger partial charge on any atom is -0.356 e. The van der Waals surface area contributed by atoms with Crippen LogP contribution in [0.15, 0.2) is 53.5 Å². The number of nitrogens with zero attached hydrogens (tertiary/aromatic N) is 1. The van der Waals surface area contributed by atoms with Crippen LogP contribution in [0.3, 0.4) is 0 Å². The number of guanidine groups is 1. The molecule has 0 aliphatic heterocycles. The molecule has 2 aromatic rings. The highest BCUT2D eigenvalue weighted by atomic mass is 19.1. The van der Waals surface area contributed by atoms with Crippen LogP contribution in [0.25, 0.3) is 0 Å². The molecule has 0 bridgehead atoms. The molecule has 28 heavy (non-hydrogen) atoms. The van der Waals surface area contributed by atoms with E-state index in [-0.39, 0.29) is 17.1 Å². The molecule has 3 N–H and O–H groups in total. The Hall–Kier alpha value is -2.89. The summed E-state index contributed by atoms with van der Waals surface area (Å²) in [6.07, 6.45) is 2.97. The van der Waals surface area contributed by atoms with E-state index in [0.717, 1.165) is 37.3 Å². The van der Waals surface area contributed by atoms with E-state index >= 15 is 0 Å². The highest BCUT2D eigenvalue weighted by Gasteiger charge is 2.44. The maximum atomic E-state index is 13.2. The smallest absolute Gasteiger partial charge is 0.251 e. The van der Waals surface area contributed by atoms with E-state index < -0.39 is 0 Å². The van der Waals surface area contributed by atoms with Crippen LogP contribution in [0.4, 0.5) is 4.39 Å². The minimum atomic E-state index is -0.203. The fraction of sp³-hybridized carbons (Fsp3) is 0.364. The van der Waals surface area contributed by atoms with Crippen molar-refractivity contribution in [2.45, 2.75) is 24.7 Å². The van der Waals surface area contributed by atoms with Crippen LogP contribution in [0, 0.1) is 5.82 Å². The third-order valence-electron chi connectivity index (χ3n) is 5.25. The molecule has 1 aliphatic rings. The summed E-state index contributed by atoms with van der Waals surface area (Å²) in [5, 5.41) is 9.35. The summed E-state index contributed by atoms with van der Waals surface area (Å²) < 4.78 is 13.2. The van der Waals surface area contributed by atoms with E-state index in [1.807, 2.05) is 30.3 Å². The first-order valence-electron chi connectivity index (χ1n) is 9.58. The van der Waals surface area contributed by atoms with Crippen LogP contribution < -0.4 is 16.0 Å². The summed E-state index contributed by atoms with van der Waals surface area (Å²) in [5.41, 5.74) is 3.00. The molecule has 1 saturated carbocycles. The molecule has 148 valence electrons. The van der Waals surface area contributed by atoms with Crippen LogP contribution in [0.1, 0.15) is 34.3 Å². The van der Waals surface area contributed by atoms with Crippen LogP contribution in [0.5, 0.6) is 0 Å². The van der Waals surface area contributed by atoms with Crippen LogP contribution in [-0.4, -0.2) is 39.1 Å². The average Bonchev–Trinajstić information content (AvgIpc) is 3.51. The first-order valence-corrected chi connectivity index (χ1v) is 9.58. The van der Waals surface area contributed by atoms with Crippen molar-refractivity contribution in [3.05, 3.63) is 71.0 Å². The van der Waals surface area contributed by atoms with Crippen molar-refractivity contribution in [2.75, 3.05) is 27.2 Å². The van der Waals surface area contributed by atoms with Gasteiger partial charge in [-0.3, -0.25) is 9.79 Å². The number of carbonyl (C=O) groups is 1. The number of halogens is 1. The van der Waals surface area contributed by atoms with Gasteiger partial charge in [-0.25, -0.2) is 4.39 Å². The number of hydrogen-bond donors (Lipinski definition) is 3. The van der Waals surface area contributed by atoms with Crippen molar-refractivity contribution >= 4 is 11.9 Å². The van der Waals surface area contributed by atoms with Crippen LogP contribution >= 0.6 is 0 Å². The SMILES string of the molecule is CN=C(NCCc1cccc(C(=O)NC)c1)NCC1(c2ccc(F)cc2)CC1. The predicted octanol–water partition coefficient (Wildman–Crippen LogP) is 2.62. The Morgan fingerprint density at radius 2 is 1.89 bits per heavy atom. The van der Waals surface area contributed by atoms with Gasteiger partial charge in [-0.15, -0.1) is 0 Å². The van der Waals surface area contributed by atoms with E-state index in [2.05, 4.69) is 20.9 Å². The second-order valence-electron chi connectivity index (χ2n) is 7.17. The Kier molecular flexibility index (Phi) is 6.29. The predicted molar refractivity (Wildman–Crippen MR) is 110 cm³/mol. The summed E-state index contributed by atoms with van der Waals surface area (Å²) in [6, 6.07) is 14.4. The highest BCUT2D eigenvalue weighted by Crippen LogP contribution is 2.47. The zero-order valence-electron chi connectivity index (χ0n) is 16.4. The molecule has 0 saturated heterocycles. The van der Waals surface area contributed by atoms with E-state index in [1.54, 1.807) is 20.2 Å². The second kappa shape index (κ2) is 8.87. The lowest BCUT2D eigenvalue weighted by Gasteiger charge is -2.19. The van der Waals surface area contributed by atoms with Gasteiger partial charge in [-0.2, -0.15) is 0 Å². The fourth-order valence-electron chi connectivity index (χ4n) is 3.33. The average molecular weight is 382 g/mol. The number of hydrogen-bond acceptors (Lipinski definition) is 2. The van der Waals surface area contributed by atoms with Gasteiger partial charge in [0.2, 0.25) is 0 Å². The van der Waals surface area contributed by atoms with Gasteiger partial charge < -0.3 is 16.0 Å². The molecule has 6 heteroatoms. The summed E-state index contributed by atoms with van der Waals surface area (Å²) >= 11 is 0. The van der Waals surface area contributed by atoms with Crippen molar-refractivity contribution in [3.8, 4) is 0 Å². The topological polar surface area (TPSA) is 65.5 Å². The molecule has 1 aliphatic carbocycles. The van der Waals surface area contributed by atoms with E-state index in [9.17, 15) is 9.18 Å². The van der Waals surface area contributed by atoms with Crippen molar-refractivity contribution in [3.63, 3.8) is 0 Å². The Morgan fingerprint density at radius 1 is 1.14 bits per heavy atom. The van der Waals surface area contributed by atoms with Crippen molar-refractivity contribution in [2.24, 2.45) is 4.99 Å². The Morgan fingerprint density at radius 3 is 2.54 bits per heavy atom. The minimum absolute atomic E-state index is 0.0766. The van der Waals surface area contributed by atoms with E-state index in [0.29, 0.717) is 12.1 Å². The number of nitrogens with one attached hydrogen (secondary N) is 3. The molecule has 5 nitrogen and oxygen atoms in total. The Balaban J connectivity index is 1.49. The molecule has 2 aromatic carbocycles. The quantitative estimate of drug-likeness (QED) is 0.509. The first kappa shape index (κ1) is 19.9. The van der Waals surface area contributed by atoms with Crippen LogP contribution in [0.2, 0.25) is 0 Å². The molecular weight excluding hydrogens is 355 g/mol. The fourth-order valence-corrected chi connectivity index (χ4v) is 3.33. The van der Waals surface area contributed by atoms with Gasteiger partial charge in [-0.05, 0) is 54.7 Å². The Bertz CT molecular complexity index is 844. The number of carbonyl (C=O) groups excluding carboxylic acids is 1. The molecule has 1 fully saturated rings. The van der Waals surface area contributed by atoms with Crippen molar-refractivity contribution in [1.82, 2.24) is 16.0 Å². The summed E-state index contributed by atoms with van der Waals surface area (Å²) in [5.74, 6) is 0.462. The molecule has 0 spiro atoms. The molecule has 0 heterocycles. The molecule has 0 unspecified atom stereocenters. The number of aliphatic imine (C=N–C) groups is 1. The van der Waals surface area contributed by atoms with Crippen LogP contribution in [-0.2, 0) is 11.8 Å². The van der Waals surface area contributed by atoms with Crippen molar-refractivity contribution in [1.29, 1.82) is 0 Å². The lowest BCUT2D eigenvalue weighted by Crippen LogP contribution is -2.42. The lowest BCUT2D eigenvalue weighted by atomic mass is 9.96. The normalized spacial score (nSPS) is 15.0. The third kappa shape index (κ3) is 4.88. The zero-order valence-corrected chi connectivity index (χ0v) is 16.4. The van der Waals surface area contributed by atoms with Gasteiger partial charge in [-0.1, -0.05) is 24.3 Å². The standard InChI is InChI=1S/C22H27FN4O/c1-24-20(28)17-5-3-4-16(14-17)10-13-26-21(25-2)27-15-22(11-12-22)18-6-8-19(23)9-7-18/h3-9,14H,10-13,15H2,1-2H3,(H,24,28)(H2,25,26,27). The number of amides is 1. The summed E-state index contributed by atoms with van der Waals surface area (Å²) in [4.78, 5) is 16.0. The van der Waals surface area contributed by atoms with Gasteiger partial charge in [0.05, 0.1) is 0 Å². The number of benzene rings is 2. The Labute approximate surface area is 165 Å². The summed E-state index contributed by atoms with van der Waals surface area (Å²) in [6.45, 7) is 1.48. The van der Waals surface area contributed by atoms with Gasteiger partial charge in [0, 0.05) is 38.2 Å². The maximum absolute atomic E-state index is 13.2. The second-order valence-corrected chi connectivity index (χ2v) is 7.17. The monoisotopic (exact) mass is 382 g/mol. The molecule has 3 rings (SSSR count). The largest absolute Gasteiger partial charge is 0.356 e. The molecule has 0 atom stereocenters. The highest BCUT2D eigenvalue weighted by molar-refractivity contribution is 5.94.